The Morgan fingerprint density at radius 1 is 1.25 bits per heavy atom. The number of hydrogen-bond donors (Lipinski definition) is 2. The number of guanidine groups is 1. The van der Waals surface area contributed by atoms with Gasteiger partial charge in [0.15, 0.2) is 15.8 Å². The Morgan fingerprint density at radius 2 is 1.88 bits per heavy atom. The Bertz CT molecular complexity index is 631. The molecular weight excluding hydrogens is 343 g/mol. The van der Waals surface area contributed by atoms with Gasteiger partial charge in [-0.2, -0.15) is 13.2 Å². The molecule has 1 aromatic carbocycles. The summed E-state index contributed by atoms with van der Waals surface area (Å²) < 4.78 is 61.2. The van der Waals surface area contributed by atoms with Crippen LogP contribution in [0.1, 0.15) is 19.8 Å². The number of alkyl halides is 3. The predicted octanol–water partition coefficient (Wildman–Crippen LogP) is 2.36. The Labute approximate surface area is 140 Å². The van der Waals surface area contributed by atoms with Crippen LogP contribution in [0.3, 0.4) is 0 Å². The molecule has 9 heteroatoms. The third kappa shape index (κ3) is 7.20. The molecule has 1 aromatic rings. The maximum absolute atomic E-state index is 12.4. The smallest absolute Gasteiger partial charge is 0.356 e. The van der Waals surface area contributed by atoms with Crippen molar-refractivity contribution in [2.75, 3.05) is 19.3 Å². The SMILES string of the molecule is CCC(CS(=O)(=O)c1ccccc1)NC(=NC)NCCC(F)(F)F. The minimum atomic E-state index is -4.26. The number of rotatable bonds is 7. The summed E-state index contributed by atoms with van der Waals surface area (Å²) in [5, 5.41) is 5.40. The summed E-state index contributed by atoms with van der Waals surface area (Å²) in [6.07, 6.45) is -4.77. The molecule has 0 amide bonds. The Hall–Kier alpha value is -1.77. The van der Waals surface area contributed by atoms with Crippen LogP contribution in [0.5, 0.6) is 0 Å². The number of benzene rings is 1. The van der Waals surface area contributed by atoms with Gasteiger partial charge in [0.25, 0.3) is 0 Å². The van der Waals surface area contributed by atoms with Gasteiger partial charge >= 0.3 is 6.18 Å². The van der Waals surface area contributed by atoms with E-state index in [0.717, 1.165) is 0 Å². The van der Waals surface area contributed by atoms with Crippen LogP contribution in [0.2, 0.25) is 0 Å². The van der Waals surface area contributed by atoms with Gasteiger partial charge in [0.2, 0.25) is 0 Å². The maximum Gasteiger partial charge on any atom is 0.390 e. The van der Waals surface area contributed by atoms with Crippen LogP contribution in [-0.2, 0) is 9.84 Å². The van der Waals surface area contributed by atoms with Crippen molar-refractivity contribution in [1.82, 2.24) is 10.6 Å². The van der Waals surface area contributed by atoms with E-state index in [1.54, 1.807) is 25.1 Å². The monoisotopic (exact) mass is 365 g/mol. The first-order chi connectivity index (χ1) is 11.2. The highest BCUT2D eigenvalue weighted by atomic mass is 32.2. The largest absolute Gasteiger partial charge is 0.390 e. The van der Waals surface area contributed by atoms with Gasteiger partial charge in [0, 0.05) is 19.6 Å². The lowest BCUT2D eigenvalue weighted by Gasteiger charge is -2.20. The van der Waals surface area contributed by atoms with Crippen molar-refractivity contribution in [3.05, 3.63) is 30.3 Å². The molecule has 0 bridgehead atoms. The number of sulfone groups is 1. The zero-order valence-electron chi connectivity index (χ0n) is 13.6. The van der Waals surface area contributed by atoms with E-state index in [9.17, 15) is 21.6 Å². The van der Waals surface area contributed by atoms with E-state index in [-0.39, 0.29) is 23.2 Å². The highest BCUT2D eigenvalue weighted by Crippen LogP contribution is 2.18. The fraction of sp³-hybridized carbons (Fsp3) is 0.533. The number of aliphatic imine (C=N–C) groups is 1. The first-order valence-electron chi connectivity index (χ1n) is 7.49. The third-order valence-corrected chi connectivity index (χ3v) is 5.11. The molecule has 0 spiro atoms. The lowest BCUT2D eigenvalue weighted by molar-refractivity contribution is -0.132. The molecule has 0 aliphatic carbocycles. The van der Waals surface area contributed by atoms with Gasteiger partial charge in [-0.05, 0) is 18.6 Å². The summed E-state index contributed by atoms with van der Waals surface area (Å²) in [6.45, 7) is 1.46. The molecule has 2 N–H and O–H groups in total. The van der Waals surface area contributed by atoms with Crippen LogP contribution in [0.15, 0.2) is 40.2 Å². The van der Waals surface area contributed by atoms with E-state index in [0.29, 0.717) is 6.42 Å². The average molecular weight is 365 g/mol. The van der Waals surface area contributed by atoms with E-state index < -0.39 is 28.5 Å². The summed E-state index contributed by atoms with van der Waals surface area (Å²) in [7, 11) is -2.08. The second-order valence-corrected chi connectivity index (χ2v) is 7.24. The molecule has 0 aliphatic rings. The summed E-state index contributed by atoms with van der Waals surface area (Å²) in [5.41, 5.74) is 0. The highest BCUT2D eigenvalue weighted by Gasteiger charge is 2.26. The molecule has 0 saturated carbocycles. The summed E-state index contributed by atoms with van der Waals surface area (Å²) >= 11 is 0. The highest BCUT2D eigenvalue weighted by molar-refractivity contribution is 7.91. The first kappa shape index (κ1) is 20.3. The lowest BCUT2D eigenvalue weighted by Crippen LogP contribution is -2.46. The zero-order valence-corrected chi connectivity index (χ0v) is 14.4. The number of halogens is 3. The zero-order chi connectivity index (χ0) is 18.2. The predicted molar refractivity (Wildman–Crippen MR) is 87.7 cm³/mol. The Balaban J connectivity index is 2.66. The van der Waals surface area contributed by atoms with Gasteiger partial charge in [-0.1, -0.05) is 25.1 Å². The van der Waals surface area contributed by atoms with Gasteiger partial charge in [-0.3, -0.25) is 4.99 Å². The summed E-state index contributed by atoms with van der Waals surface area (Å²) in [6, 6.07) is 7.56. The van der Waals surface area contributed by atoms with E-state index in [4.69, 9.17) is 0 Å². The minimum absolute atomic E-state index is 0.148. The quantitative estimate of drug-likeness (QED) is 0.575. The van der Waals surface area contributed by atoms with Crippen molar-refractivity contribution < 1.29 is 21.6 Å². The van der Waals surface area contributed by atoms with Crippen LogP contribution >= 0.6 is 0 Å². The lowest BCUT2D eigenvalue weighted by atomic mass is 10.2. The van der Waals surface area contributed by atoms with Crippen LogP contribution in [-0.4, -0.2) is 45.9 Å². The molecule has 24 heavy (non-hydrogen) atoms. The second kappa shape index (κ2) is 8.91. The van der Waals surface area contributed by atoms with Crippen LogP contribution in [0, 0.1) is 0 Å². The van der Waals surface area contributed by atoms with Gasteiger partial charge in [0.1, 0.15) is 0 Å². The van der Waals surface area contributed by atoms with Gasteiger partial charge in [-0.15, -0.1) is 0 Å². The van der Waals surface area contributed by atoms with Gasteiger partial charge in [0.05, 0.1) is 17.1 Å². The van der Waals surface area contributed by atoms with Crippen molar-refractivity contribution in [3.8, 4) is 0 Å². The topological polar surface area (TPSA) is 70.6 Å². The summed E-state index contributed by atoms with van der Waals surface area (Å²) in [5.74, 6) is -0.0256. The Kier molecular flexibility index (Phi) is 7.53. The molecule has 1 unspecified atom stereocenters. The Morgan fingerprint density at radius 3 is 2.38 bits per heavy atom. The third-order valence-electron chi connectivity index (χ3n) is 3.28. The molecule has 1 atom stereocenters. The molecule has 0 saturated heterocycles. The number of nitrogens with one attached hydrogen (secondary N) is 2. The maximum atomic E-state index is 12.4. The van der Waals surface area contributed by atoms with Crippen LogP contribution < -0.4 is 10.6 Å². The number of nitrogens with zero attached hydrogens (tertiary/aromatic N) is 1. The fourth-order valence-electron chi connectivity index (χ4n) is 1.96. The molecule has 5 nitrogen and oxygen atoms in total. The van der Waals surface area contributed by atoms with Gasteiger partial charge < -0.3 is 10.6 Å². The first-order valence-corrected chi connectivity index (χ1v) is 9.15. The normalized spacial score (nSPS) is 14.3. The molecule has 136 valence electrons. The van der Waals surface area contributed by atoms with E-state index in [1.807, 2.05) is 0 Å². The molecule has 0 radical (unpaired) electrons. The minimum Gasteiger partial charge on any atom is -0.356 e. The van der Waals surface area contributed by atoms with E-state index in [1.165, 1.54) is 19.2 Å². The van der Waals surface area contributed by atoms with Gasteiger partial charge in [-0.25, -0.2) is 8.42 Å². The molecular formula is C15H22F3N3O2S. The standard InChI is InChI=1S/C15H22F3N3O2S/c1-3-12(11-24(22,23)13-7-5-4-6-8-13)21-14(19-2)20-10-9-15(16,17)18/h4-8,12H,3,9-11H2,1-2H3,(H2,19,20,21). The van der Waals surface area contributed by atoms with Crippen molar-refractivity contribution in [1.29, 1.82) is 0 Å². The van der Waals surface area contributed by atoms with Crippen molar-refractivity contribution in [2.45, 2.75) is 36.9 Å². The molecule has 1 rings (SSSR count). The van der Waals surface area contributed by atoms with Crippen molar-refractivity contribution in [2.24, 2.45) is 4.99 Å². The van der Waals surface area contributed by atoms with Crippen molar-refractivity contribution >= 4 is 15.8 Å². The van der Waals surface area contributed by atoms with Crippen molar-refractivity contribution in [3.63, 3.8) is 0 Å². The molecule has 0 aliphatic heterocycles. The van der Waals surface area contributed by atoms with Crippen LogP contribution in [0.4, 0.5) is 13.2 Å². The van der Waals surface area contributed by atoms with Crippen LogP contribution in [0.25, 0.3) is 0 Å². The summed E-state index contributed by atoms with van der Waals surface area (Å²) in [4.78, 5) is 4.04. The average Bonchev–Trinajstić information content (AvgIpc) is 2.52. The second-order valence-electron chi connectivity index (χ2n) is 5.21. The number of hydrogen-bond acceptors (Lipinski definition) is 3. The van der Waals surface area contributed by atoms with E-state index >= 15 is 0 Å². The molecule has 0 fully saturated rings. The van der Waals surface area contributed by atoms with E-state index in [2.05, 4.69) is 15.6 Å². The molecule has 0 heterocycles. The molecule has 0 aromatic heterocycles. The fourth-order valence-corrected chi connectivity index (χ4v) is 3.57.